The van der Waals surface area contributed by atoms with Crippen molar-refractivity contribution < 1.29 is 17.7 Å². The molecule has 11 heteroatoms. The third kappa shape index (κ3) is 6.76. The topological polar surface area (TPSA) is 104 Å². The summed E-state index contributed by atoms with van der Waals surface area (Å²) in [7, 11) is 2.08. The average Bonchev–Trinajstić information content (AvgIpc) is 3.16. The van der Waals surface area contributed by atoms with E-state index in [1.165, 1.54) is 10.6 Å². The first kappa shape index (κ1) is 21.6. The Labute approximate surface area is 161 Å². The molecule has 0 radical (unpaired) electrons. The highest BCUT2D eigenvalue weighted by Crippen LogP contribution is 2.12. The number of nitrogens with one attached hydrogen (secondary N) is 1. The van der Waals surface area contributed by atoms with Gasteiger partial charge in [-0.05, 0) is 7.05 Å². The third-order valence-electron chi connectivity index (χ3n) is 4.42. The molecule has 0 amide bonds. The van der Waals surface area contributed by atoms with Crippen LogP contribution in [0.1, 0.15) is 5.69 Å². The zero-order chi connectivity index (χ0) is 19.7. The number of likely N-dealkylation sites (N-methyl/N-ethyl adjacent to an activating group) is 1. The van der Waals surface area contributed by atoms with Crippen LogP contribution in [0, 0.1) is 0 Å². The fourth-order valence-electron chi connectivity index (χ4n) is 2.82. The van der Waals surface area contributed by atoms with E-state index < -0.39 is 10.0 Å². The molecule has 1 fully saturated rings. The fourth-order valence-corrected chi connectivity index (χ4v) is 4.24. The molecule has 0 unspecified atom stereocenters. The summed E-state index contributed by atoms with van der Waals surface area (Å²) < 4.78 is 36.3. The Morgan fingerprint density at radius 1 is 1.37 bits per heavy atom. The predicted octanol–water partition coefficient (Wildman–Crippen LogP) is -0.724. The minimum Gasteiger partial charge on any atom is -0.383 e. The molecule has 1 aromatic heterocycles. The molecule has 0 aliphatic carbocycles. The standard InChI is InChI=1S/C16H30N6O4S/c1-17-16(18-5-6-20(2)11-13-25-3)21-7-9-22(10-8-21)27(23,24)14-15-4-12-26-19-15/h4,12H,5-11,13-14H2,1-3H3,(H,17,18). The maximum Gasteiger partial charge on any atom is 0.220 e. The Morgan fingerprint density at radius 2 is 2.11 bits per heavy atom. The Kier molecular flexibility index (Phi) is 8.48. The average molecular weight is 403 g/mol. The molecule has 1 aliphatic rings. The van der Waals surface area contributed by atoms with Crippen LogP contribution in [0.3, 0.4) is 0 Å². The maximum absolute atomic E-state index is 12.5. The second-order valence-electron chi connectivity index (χ2n) is 6.40. The van der Waals surface area contributed by atoms with Crippen molar-refractivity contribution in [1.29, 1.82) is 0 Å². The number of rotatable bonds is 9. The lowest BCUT2D eigenvalue weighted by molar-refractivity contribution is 0.162. The largest absolute Gasteiger partial charge is 0.383 e. The molecule has 27 heavy (non-hydrogen) atoms. The number of ether oxygens (including phenoxy) is 1. The number of guanidine groups is 1. The van der Waals surface area contributed by atoms with Crippen molar-refractivity contribution in [1.82, 2.24) is 24.6 Å². The Bertz CT molecular complexity index is 671. The van der Waals surface area contributed by atoms with E-state index in [0.29, 0.717) is 38.5 Å². The molecular weight excluding hydrogens is 372 g/mol. The Hall–Kier alpha value is -1.69. The summed E-state index contributed by atoms with van der Waals surface area (Å²) in [6.07, 6.45) is 1.38. The summed E-state index contributed by atoms with van der Waals surface area (Å²) in [4.78, 5) is 8.58. The quantitative estimate of drug-likeness (QED) is 0.426. The van der Waals surface area contributed by atoms with Gasteiger partial charge in [0, 0.05) is 66.0 Å². The fraction of sp³-hybridized carbons (Fsp3) is 0.750. The van der Waals surface area contributed by atoms with E-state index in [9.17, 15) is 8.42 Å². The van der Waals surface area contributed by atoms with E-state index in [1.54, 1.807) is 20.2 Å². The number of piperazine rings is 1. The lowest BCUT2D eigenvalue weighted by atomic mass is 10.4. The number of sulfonamides is 1. The molecule has 154 valence electrons. The molecule has 0 atom stereocenters. The van der Waals surface area contributed by atoms with Gasteiger partial charge < -0.3 is 24.4 Å². The summed E-state index contributed by atoms with van der Waals surface area (Å²) in [5, 5.41) is 7.03. The van der Waals surface area contributed by atoms with Gasteiger partial charge in [-0.3, -0.25) is 4.99 Å². The van der Waals surface area contributed by atoms with Gasteiger partial charge in [-0.1, -0.05) is 5.16 Å². The van der Waals surface area contributed by atoms with Crippen molar-refractivity contribution in [3.63, 3.8) is 0 Å². The minimum absolute atomic E-state index is 0.135. The second-order valence-corrected chi connectivity index (χ2v) is 8.37. The van der Waals surface area contributed by atoms with Crippen LogP contribution >= 0.6 is 0 Å². The van der Waals surface area contributed by atoms with Gasteiger partial charge in [-0.2, -0.15) is 4.31 Å². The normalized spacial score (nSPS) is 16.9. The van der Waals surface area contributed by atoms with Crippen molar-refractivity contribution in [2.45, 2.75) is 5.75 Å². The van der Waals surface area contributed by atoms with Crippen molar-refractivity contribution in [2.24, 2.45) is 4.99 Å². The number of nitrogens with zero attached hydrogens (tertiary/aromatic N) is 5. The van der Waals surface area contributed by atoms with E-state index in [0.717, 1.165) is 25.6 Å². The van der Waals surface area contributed by atoms with Crippen molar-refractivity contribution in [3.8, 4) is 0 Å². The number of hydrogen-bond donors (Lipinski definition) is 1. The van der Waals surface area contributed by atoms with Gasteiger partial charge in [0.2, 0.25) is 10.0 Å². The zero-order valence-electron chi connectivity index (χ0n) is 16.3. The molecule has 0 spiro atoms. The van der Waals surface area contributed by atoms with E-state index in [1.807, 2.05) is 7.05 Å². The Balaban J connectivity index is 1.77. The molecule has 1 aliphatic heterocycles. The van der Waals surface area contributed by atoms with Crippen LogP contribution in [0.15, 0.2) is 21.8 Å². The lowest BCUT2D eigenvalue weighted by Gasteiger charge is -2.35. The van der Waals surface area contributed by atoms with Crippen LogP contribution in [0.4, 0.5) is 0 Å². The second kappa shape index (κ2) is 10.6. The van der Waals surface area contributed by atoms with Gasteiger partial charge in [0.1, 0.15) is 12.0 Å². The van der Waals surface area contributed by atoms with Crippen LogP contribution in [0.2, 0.25) is 0 Å². The SMILES string of the molecule is CN=C(NCCN(C)CCOC)N1CCN(S(=O)(=O)Cc2ccon2)CC1. The number of hydrogen-bond acceptors (Lipinski definition) is 7. The number of aromatic nitrogens is 1. The van der Waals surface area contributed by atoms with Crippen LogP contribution in [0.5, 0.6) is 0 Å². The van der Waals surface area contributed by atoms with E-state index in [4.69, 9.17) is 9.26 Å². The highest BCUT2D eigenvalue weighted by atomic mass is 32.2. The van der Waals surface area contributed by atoms with Gasteiger partial charge >= 0.3 is 0 Å². The van der Waals surface area contributed by atoms with E-state index >= 15 is 0 Å². The first-order valence-electron chi connectivity index (χ1n) is 8.96. The minimum atomic E-state index is -3.39. The number of methoxy groups -OCH3 is 1. The summed E-state index contributed by atoms with van der Waals surface area (Å²) in [6, 6.07) is 1.57. The third-order valence-corrected chi connectivity index (χ3v) is 6.23. The number of aliphatic imine (C=N–C) groups is 1. The van der Waals surface area contributed by atoms with Crippen molar-refractivity contribution in [2.75, 3.05) is 73.6 Å². The van der Waals surface area contributed by atoms with Gasteiger partial charge in [-0.15, -0.1) is 0 Å². The molecule has 0 aromatic carbocycles. The molecular formula is C16H30N6O4S. The highest BCUT2D eigenvalue weighted by molar-refractivity contribution is 7.88. The first-order chi connectivity index (χ1) is 13.0. The molecule has 1 saturated heterocycles. The maximum atomic E-state index is 12.5. The molecule has 1 N–H and O–H groups in total. The van der Waals surface area contributed by atoms with Gasteiger partial charge in [0.25, 0.3) is 0 Å². The monoisotopic (exact) mass is 402 g/mol. The lowest BCUT2D eigenvalue weighted by Crippen LogP contribution is -2.54. The van der Waals surface area contributed by atoms with Gasteiger partial charge in [-0.25, -0.2) is 8.42 Å². The molecule has 0 bridgehead atoms. The molecule has 2 heterocycles. The van der Waals surface area contributed by atoms with Crippen LogP contribution in [0.25, 0.3) is 0 Å². The predicted molar refractivity (Wildman–Crippen MR) is 103 cm³/mol. The van der Waals surface area contributed by atoms with E-state index in [2.05, 4.69) is 25.3 Å². The first-order valence-corrected chi connectivity index (χ1v) is 10.6. The van der Waals surface area contributed by atoms with E-state index in [-0.39, 0.29) is 5.75 Å². The van der Waals surface area contributed by atoms with Gasteiger partial charge in [0.15, 0.2) is 5.96 Å². The highest BCUT2D eigenvalue weighted by Gasteiger charge is 2.28. The van der Waals surface area contributed by atoms with Crippen molar-refractivity contribution in [3.05, 3.63) is 18.0 Å². The zero-order valence-corrected chi connectivity index (χ0v) is 17.1. The molecule has 2 rings (SSSR count). The Morgan fingerprint density at radius 3 is 2.70 bits per heavy atom. The van der Waals surface area contributed by atoms with Gasteiger partial charge in [0.05, 0.1) is 12.3 Å². The summed E-state index contributed by atoms with van der Waals surface area (Å²) >= 11 is 0. The van der Waals surface area contributed by atoms with Crippen LogP contribution in [-0.4, -0.2) is 107 Å². The van der Waals surface area contributed by atoms with Crippen molar-refractivity contribution >= 4 is 16.0 Å². The molecule has 0 saturated carbocycles. The summed E-state index contributed by atoms with van der Waals surface area (Å²) in [5.41, 5.74) is 0.424. The van der Waals surface area contributed by atoms with Crippen LogP contribution in [-0.2, 0) is 20.5 Å². The summed E-state index contributed by atoms with van der Waals surface area (Å²) in [5.74, 6) is 0.660. The smallest absolute Gasteiger partial charge is 0.220 e. The molecule has 1 aromatic rings. The summed E-state index contributed by atoms with van der Waals surface area (Å²) in [6.45, 7) is 5.25. The molecule has 10 nitrogen and oxygen atoms in total. The van der Waals surface area contributed by atoms with Crippen LogP contribution < -0.4 is 5.32 Å².